The molecule has 26 heavy (non-hydrogen) atoms. The molecule has 1 atom stereocenters. The SMILES string of the molecule is Cc1ccccc1[C@@H]1CCN(CCNC(=O)C2(Cn3ccnc3)CC2)C1. The molecule has 5 nitrogen and oxygen atoms in total. The van der Waals surface area contributed by atoms with Crippen LogP contribution in [0.2, 0.25) is 0 Å². The molecule has 1 N–H and O–H groups in total. The maximum Gasteiger partial charge on any atom is 0.228 e. The van der Waals surface area contributed by atoms with Crippen LogP contribution in [0.3, 0.4) is 0 Å². The summed E-state index contributed by atoms with van der Waals surface area (Å²) in [5.74, 6) is 0.837. The van der Waals surface area contributed by atoms with Gasteiger partial charge in [-0.3, -0.25) is 4.79 Å². The van der Waals surface area contributed by atoms with Gasteiger partial charge in [0.05, 0.1) is 11.7 Å². The lowest BCUT2D eigenvalue weighted by Gasteiger charge is -2.19. The van der Waals surface area contributed by atoms with E-state index in [1.54, 1.807) is 12.5 Å². The zero-order chi connectivity index (χ0) is 18.0. The van der Waals surface area contributed by atoms with E-state index in [0.717, 1.165) is 45.6 Å². The number of nitrogens with one attached hydrogen (secondary N) is 1. The first-order chi connectivity index (χ1) is 12.7. The molecule has 0 unspecified atom stereocenters. The standard InChI is InChI=1S/C21H28N4O/c1-17-4-2-3-5-19(17)18-6-11-24(14-18)13-10-23-20(26)21(7-8-21)15-25-12-9-22-16-25/h2-5,9,12,16,18H,6-8,10-11,13-15H2,1H3,(H,23,26)/t18-/m1/s1. The van der Waals surface area contributed by atoms with Gasteiger partial charge < -0.3 is 14.8 Å². The number of benzene rings is 1. The third-order valence-corrected chi connectivity index (χ3v) is 5.99. The Hall–Kier alpha value is -2.14. The zero-order valence-electron chi connectivity index (χ0n) is 15.5. The number of amides is 1. The first-order valence-electron chi connectivity index (χ1n) is 9.68. The Morgan fingerprint density at radius 1 is 1.35 bits per heavy atom. The van der Waals surface area contributed by atoms with Gasteiger partial charge in [0.25, 0.3) is 0 Å². The molecule has 1 aliphatic carbocycles. The predicted molar refractivity (Wildman–Crippen MR) is 102 cm³/mol. The third kappa shape index (κ3) is 3.68. The first-order valence-corrected chi connectivity index (χ1v) is 9.68. The Morgan fingerprint density at radius 3 is 2.92 bits per heavy atom. The van der Waals surface area contributed by atoms with Gasteiger partial charge in [-0.25, -0.2) is 4.98 Å². The number of hydrogen-bond donors (Lipinski definition) is 1. The quantitative estimate of drug-likeness (QED) is 0.833. The van der Waals surface area contributed by atoms with E-state index in [2.05, 4.69) is 46.4 Å². The largest absolute Gasteiger partial charge is 0.354 e. The molecule has 2 aromatic rings. The highest BCUT2D eigenvalue weighted by molar-refractivity contribution is 5.85. The van der Waals surface area contributed by atoms with Crippen LogP contribution in [0.5, 0.6) is 0 Å². The molecular formula is C21H28N4O. The molecule has 0 spiro atoms. The highest BCUT2D eigenvalue weighted by Crippen LogP contribution is 2.47. The average molecular weight is 352 g/mol. The number of carbonyl (C=O) groups excluding carboxylic acids is 1. The topological polar surface area (TPSA) is 50.2 Å². The smallest absolute Gasteiger partial charge is 0.228 e. The number of carbonyl (C=O) groups is 1. The Balaban J connectivity index is 1.23. The fourth-order valence-electron chi connectivity index (χ4n) is 4.19. The number of aryl methyl sites for hydroxylation is 1. The summed E-state index contributed by atoms with van der Waals surface area (Å²) in [6.07, 6.45) is 8.67. The number of hydrogen-bond acceptors (Lipinski definition) is 3. The second-order valence-corrected chi connectivity index (χ2v) is 7.91. The maximum absolute atomic E-state index is 12.6. The van der Waals surface area contributed by atoms with Gasteiger partial charge in [0.1, 0.15) is 0 Å². The number of likely N-dealkylation sites (tertiary alicyclic amines) is 1. The molecule has 4 rings (SSSR count). The molecule has 0 radical (unpaired) electrons. The first kappa shape index (κ1) is 17.3. The number of rotatable bonds is 7. The highest BCUT2D eigenvalue weighted by atomic mass is 16.2. The molecule has 1 saturated carbocycles. The van der Waals surface area contributed by atoms with Crippen molar-refractivity contribution in [3.05, 3.63) is 54.1 Å². The van der Waals surface area contributed by atoms with Gasteiger partial charge >= 0.3 is 0 Å². The van der Waals surface area contributed by atoms with Crippen LogP contribution in [0.15, 0.2) is 43.0 Å². The van der Waals surface area contributed by atoms with Gasteiger partial charge in [0, 0.05) is 38.6 Å². The van der Waals surface area contributed by atoms with Gasteiger partial charge in [0.15, 0.2) is 0 Å². The molecule has 2 aliphatic rings. The summed E-state index contributed by atoms with van der Waals surface area (Å²) < 4.78 is 2.01. The van der Waals surface area contributed by atoms with Crippen LogP contribution >= 0.6 is 0 Å². The third-order valence-electron chi connectivity index (χ3n) is 5.99. The van der Waals surface area contributed by atoms with E-state index in [1.165, 1.54) is 17.5 Å². The Morgan fingerprint density at radius 2 is 2.19 bits per heavy atom. The lowest BCUT2D eigenvalue weighted by atomic mass is 9.94. The van der Waals surface area contributed by atoms with Crippen LogP contribution in [-0.4, -0.2) is 46.5 Å². The van der Waals surface area contributed by atoms with Crippen LogP contribution in [0, 0.1) is 12.3 Å². The van der Waals surface area contributed by atoms with E-state index >= 15 is 0 Å². The van der Waals surface area contributed by atoms with E-state index in [-0.39, 0.29) is 11.3 Å². The minimum atomic E-state index is -0.199. The molecule has 1 aliphatic heterocycles. The number of nitrogens with zero attached hydrogens (tertiary/aromatic N) is 3. The van der Waals surface area contributed by atoms with Crippen molar-refractivity contribution >= 4 is 5.91 Å². The lowest BCUT2D eigenvalue weighted by molar-refractivity contribution is -0.126. The zero-order valence-corrected chi connectivity index (χ0v) is 15.5. The van der Waals surface area contributed by atoms with Gasteiger partial charge in [0.2, 0.25) is 5.91 Å². The summed E-state index contributed by atoms with van der Waals surface area (Å²) in [6.45, 7) is 6.85. The van der Waals surface area contributed by atoms with E-state index in [1.807, 2.05) is 10.8 Å². The summed E-state index contributed by atoms with van der Waals surface area (Å²) in [5.41, 5.74) is 2.68. The fourth-order valence-corrected chi connectivity index (χ4v) is 4.19. The average Bonchev–Trinajstić information content (AvgIpc) is 3.03. The van der Waals surface area contributed by atoms with Crippen LogP contribution in [0.25, 0.3) is 0 Å². The van der Waals surface area contributed by atoms with Crippen molar-refractivity contribution in [1.29, 1.82) is 0 Å². The molecule has 1 amide bonds. The Labute approximate surface area is 155 Å². The summed E-state index contributed by atoms with van der Waals surface area (Å²) in [7, 11) is 0. The normalized spacial score (nSPS) is 21.7. The molecule has 0 bridgehead atoms. The second-order valence-electron chi connectivity index (χ2n) is 7.91. The molecule has 5 heteroatoms. The minimum Gasteiger partial charge on any atom is -0.354 e. The van der Waals surface area contributed by atoms with E-state index < -0.39 is 0 Å². The van der Waals surface area contributed by atoms with Crippen molar-refractivity contribution in [2.75, 3.05) is 26.2 Å². The molecule has 138 valence electrons. The van der Waals surface area contributed by atoms with Gasteiger partial charge in [-0.15, -0.1) is 0 Å². The second kappa shape index (κ2) is 7.23. The van der Waals surface area contributed by atoms with Crippen LogP contribution < -0.4 is 5.32 Å². The molecule has 2 fully saturated rings. The van der Waals surface area contributed by atoms with Crippen molar-refractivity contribution in [3.8, 4) is 0 Å². The predicted octanol–water partition coefficient (Wildman–Crippen LogP) is 2.58. The number of imidazole rings is 1. The molecule has 1 aromatic heterocycles. The molecule has 2 heterocycles. The summed E-state index contributed by atoms with van der Waals surface area (Å²) in [6, 6.07) is 8.71. The van der Waals surface area contributed by atoms with Crippen LogP contribution in [0.4, 0.5) is 0 Å². The van der Waals surface area contributed by atoms with Crippen molar-refractivity contribution in [1.82, 2.24) is 19.8 Å². The van der Waals surface area contributed by atoms with Crippen molar-refractivity contribution in [2.45, 2.75) is 38.6 Å². The molecule has 1 saturated heterocycles. The van der Waals surface area contributed by atoms with Gasteiger partial charge in [-0.2, -0.15) is 0 Å². The van der Waals surface area contributed by atoms with Crippen molar-refractivity contribution < 1.29 is 4.79 Å². The lowest BCUT2D eigenvalue weighted by Crippen LogP contribution is -2.39. The van der Waals surface area contributed by atoms with E-state index in [4.69, 9.17) is 0 Å². The van der Waals surface area contributed by atoms with Crippen molar-refractivity contribution in [2.24, 2.45) is 5.41 Å². The number of aromatic nitrogens is 2. The van der Waals surface area contributed by atoms with Gasteiger partial charge in [-0.05, 0) is 49.8 Å². The van der Waals surface area contributed by atoms with Crippen LogP contribution in [-0.2, 0) is 11.3 Å². The van der Waals surface area contributed by atoms with Crippen LogP contribution in [0.1, 0.15) is 36.3 Å². The minimum absolute atomic E-state index is 0.199. The molecular weight excluding hydrogens is 324 g/mol. The molecule has 1 aromatic carbocycles. The maximum atomic E-state index is 12.6. The summed E-state index contributed by atoms with van der Waals surface area (Å²) >= 11 is 0. The highest BCUT2D eigenvalue weighted by Gasteiger charge is 2.49. The Kier molecular flexibility index (Phi) is 4.81. The summed E-state index contributed by atoms with van der Waals surface area (Å²) in [5, 5.41) is 3.18. The monoisotopic (exact) mass is 352 g/mol. The van der Waals surface area contributed by atoms with E-state index in [9.17, 15) is 4.79 Å². The van der Waals surface area contributed by atoms with E-state index in [0.29, 0.717) is 5.92 Å². The van der Waals surface area contributed by atoms with Crippen molar-refractivity contribution in [3.63, 3.8) is 0 Å². The fraction of sp³-hybridized carbons (Fsp3) is 0.524. The van der Waals surface area contributed by atoms with Gasteiger partial charge in [-0.1, -0.05) is 24.3 Å². The Bertz CT molecular complexity index is 751. The summed E-state index contributed by atoms with van der Waals surface area (Å²) in [4.78, 5) is 19.1.